The highest BCUT2D eigenvalue weighted by molar-refractivity contribution is 7.21. The van der Waals surface area contributed by atoms with E-state index in [1.807, 2.05) is 30.3 Å². The standard InChI is InChI=1S/C45H26N2O2S/c1-4-10-40-35(7-1)37-23-30-21-33(19-15-28(30)25-42(37)48-40)47(32-17-13-27(14-18-32)45-46-39-9-3-6-12-44(39)50-45)34-20-16-29-26-43-38(24-31(29)22-34)36-8-2-5-11-41(36)49-43/h1-26H. The minimum atomic E-state index is 0.904. The van der Waals surface area contributed by atoms with Gasteiger partial charge in [-0.15, -0.1) is 11.3 Å². The Labute approximate surface area is 290 Å². The molecule has 5 heteroatoms. The Morgan fingerprint density at radius 1 is 0.420 bits per heavy atom. The van der Waals surface area contributed by atoms with E-state index >= 15 is 0 Å². The van der Waals surface area contributed by atoms with Gasteiger partial charge < -0.3 is 13.7 Å². The molecule has 8 aromatic carbocycles. The Bertz CT molecular complexity index is 2930. The largest absolute Gasteiger partial charge is 0.456 e. The fourth-order valence-corrected chi connectivity index (χ4v) is 8.36. The summed E-state index contributed by atoms with van der Waals surface area (Å²) in [4.78, 5) is 7.26. The molecule has 0 fully saturated rings. The van der Waals surface area contributed by atoms with Gasteiger partial charge in [0.05, 0.1) is 10.2 Å². The van der Waals surface area contributed by atoms with Crippen molar-refractivity contribution in [3.05, 3.63) is 158 Å². The van der Waals surface area contributed by atoms with Crippen molar-refractivity contribution in [2.45, 2.75) is 0 Å². The van der Waals surface area contributed by atoms with E-state index in [-0.39, 0.29) is 0 Å². The van der Waals surface area contributed by atoms with E-state index in [1.54, 1.807) is 11.3 Å². The molecule has 0 saturated heterocycles. The van der Waals surface area contributed by atoms with Gasteiger partial charge in [-0.2, -0.15) is 0 Å². The van der Waals surface area contributed by atoms with Crippen LogP contribution in [0.5, 0.6) is 0 Å². The number of thiazole rings is 1. The number of hydrogen-bond acceptors (Lipinski definition) is 5. The third kappa shape index (κ3) is 4.27. The fraction of sp³-hybridized carbons (Fsp3) is 0. The molecule has 3 heterocycles. The number of rotatable bonds is 4. The first kappa shape index (κ1) is 27.5. The summed E-state index contributed by atoms with van der Waals surface area (Å²) in [6.45, 7) is 0. The first-order valence-electron chi connectivity index (χ1n) is 16.7. The molecule has 0 saturated carbocycles. The second kappa shape index (κ2) is 10.5. The Hall–Kier alpha value is -6.43. The van der Waals surface area contributed by atoms with E-state index in [4.69, 9.17) is 13.8 Å². The van der Waals surface area contributed by atoms with Crippen molar-refractivity contribution in [1.82, 2.24) is 4.98 Å². The Kier molecular flexibility index (Phi) is 5.80. The van der Waals surface area contributed by atoms with Crippen LogP contribution >= 0.6 is 11.3 Å². The highest BCUT2D eigenvalue weighted by atomic mass is 32.1. The van der Waals surface area contributed by atoms with Crippen LogP contribution in [0.3, 0.4) is 0 Å². The van der Waals surface area contributed by atoms with Crippen LogP contribution < -0.4 is 4.90 Å². The van der Waals surface area contributed by atoms with Crippen molar-refractivity contribution < 1.29 is 8.83 Å². The summed E-state index contributed by atoms with van der Waals surface area (Å²) < 4.78 is 13.6. The second-order valence-electron chi connectivity index (χ2n) is 12.8. The molecule has 0 amide bonds. The van der Waals surface area contributed by atoms with Gasteiger partial charge in [0.15, 0.2) is 0 Å². The van der Waals surface area contributed by atoms with Crippen molar-refractivity contribution >= 4 is 104 Å². The molecule has 11 rings (SSSR count). The van der Waals surface area contributed by atoms with Gasteiger partial charge in [-0.05, 0) is 119 Å². The van der Waals surface area contributed by atoms with Gasteiger partial charge in [0.2, 0.25) is 0 Å². The second-order valence-corrected chi connectivity index (χ2v) is 13.9. The van der Waals surface area contributed by atoms with Crippen LogP contribution in [0.2, 0.25) is 0 Å². The van der Waals surface area contributed by atoms with Crippen LogP contribution in [0.1, 0.15) is 0 Å². The molecule has 0 radical (unpaired) electrons. The number of anilines is 3. The van der Waals surface area contributed by atoms with Gasteiger partial charge in [0.1, 0.15) is 27.3 Å². The van der Waals surface area contributed by atoms with Gasteiger partial charge in [-0.25, -0.2) is 4.98 Å². The molecule has 0 spiro atoms. The van der Waals surface area contributed by atoms with E-state index in [2.05, 4.69) is 132 Å². The smallest absolute Gasteiger partial charge is 0.136 e. The quantitative estimate of drug-likeness (QED) is 0.189. The Morgan fingerprint density at radius 3 is 1.56 bits per heavy atom. The molecule has 234 valence electrons. The van der Waals surface area contributed by atoms with E-state index in [0.29, 0.717) is 0 Å². The lowest BCUT2D eigenvalue weighted by atomic mass is 10.0. The maximum atomic E-state index is 6.21. The first-order valence-corrected chi connectivity index (χ1v) is 17.5. The summed E-state index contributed by atoms with van der Waals surface area (Å²) in [7, 11) is 0. The number of fused-ring (bicyclic) bond motifs is 9. The lowest BCUT2D eigenvalue weighted by molar-refractivity contribution is 0.669. The minimum Gasteiger partial charge on any atom is -0.456 e. The summed E-state index contributed by atoms with van der Waals surface area (Å²) in [5.74, 6) is 0. The van der Waals surface area contributed by atoms with Crippen LogP contribution in [0.4, 0.5) is 17.1 Å². The van der Waals surface area contributed by atoms with Crippen molar-refractivity contribution in [3.8, 4) is 10.6 Å². The van der Waals surface area contributed by atoms with Crippen molar-refractivity contribution in [2.24, 2.45) is 0 Å². The van der Waals surface area contributed by atoms with E-state index in [1.165, 1.54) is 4.70 Å². The minimum absolute atomic E-state index is 0.904. The molecule has 0 aliphatic rings. The van der Waals surface area contributed by atoms with Gasteiger partial charge in [0, 0.05) is 44.2 Å². The number of para-hydroxylation sites is 3. The number of nitrogens with zero attached hydrogens (tertiary/aromatic N) is 2. The van der Waals surface area contributed by atoms with E-state index in [9.17, 15) is 0 Å². The van der Waals surface area contributed by atoms with Crippen LogP contribution in [0, 0.1) is 0 Å². The maximum Gasteiger partial charge on any atom is 0.136 e. The van der Waals surface area contributed by atoms with Gasteiger partial charge in [-0.1, -0.05) is 60.7 Å². The molecule has 0 aliphatic carbocycles. The molecule has 3 aromatic heterocycles. The Balaban J connectivity index is 1.09. The third-order valence-corrected chi connectivity index (χ3v) is 10.9. The number of hydrogen-bond donors (Lipinski definition) is 0. The number of furan rings is 2. The molecule has 11 aromatic rings. The van der Waals surface area contributed by atoms with Crippen LogP contribution in [-0.4, -0.2) is 4.98 Å². The summed E-state index contributed by atoms with van der Waals surface area (Å²) in [6, 6.07) is 55.8. The summed E-state index contributed by atoms with van der Waals surface area (Å²) in [5, 5.41) is 10.1. The fourth-order valence-electron chi connectivity index (χ4n) is 7.39. The van der Waals surface area contributed by atoms with Crippen LogP contribution in [-0.2, 0) is 0 Å². The molecule has 0 atom stereocenters. The monoisotopic (exact) mass is 658 g/mol. The molecule has 0 unspecified atom stereocenters. The van der Waals surface area contributed by atoms with Crippen LogP contribution in [0.25, 0.3) is 86.2 Å². The normalized spacial score (nSPS) is 12.0. The molecule has 0 aliphatic heterocycles. The van der Waals surface area contributed by atoms with Gasteiger partial charge in [0.25, 0.3) is 0 Å². The maximum absolute atomic E-state index is 6.21. The van der Waals surface area contributed by atoms with Gasteiger partial charge >= 0.3 is 0 Å². The zero-order chi connectivity index (χ0) is 32.8. The van der Waals surface area contributed by atoms with E-state index < -0.39 is 0 Å². The highest BCUT2D eigenvalue weighted by Gasteiger charge is 2.17. The molecular formula is C45H26N2O2S. The van der Waals surface area contributed by atoms with Crippen molar-refractivity contribution in [2.75, 3.05) is 4.90 Å². The summed E-state index contributed by atoms with van der Waals surface area (Å²) >= 11 is 1.72. The summed E-state index contributed by atoms with van der Waals surface area (Å²) in [5.41, 5.74) is 8.98. The average Bonchev–Trinajstić information content (AvgIpc) is 3.86. The molecule has 0 N–H and O–H groups in total. The van der Waals surface area contributed by atoms with Crippen LogP contribution in [0.15, 0.2) is 167 Å². The average molecular weight is 659 g/mol. The molecule has 0 bridgehead atoms. The predicted molar refractivity (Wildman–Crippen MR) is 209 cm³/mol. The molecular weight excluding hydrogens is 633 g/mol. The molecule has 4 nitrogen and oxygen atoms in total. The SMILES string of the molecule is c1ccc2sc(-c3ccc(N(c4ccc5cc6oc7ccccc7c6cc5c4)c4ccc5cc6oc7ccccc7c6cc5c4)cc3)nc2c1. The zero-order valence-corrected chi connectivity index (χ0v) is 27.4. The number of aromatic nitrogens is 1. The lowest BCUT2D eigenvalue weighted by Crippen LogP contribution is -2.09. The van der Waals surface area contributed by atoms with Gasteiger partial charge in [-0.3, -0.25) is 0 Å². The zero-order valence-electron chi connectivity index (χ0n) is 26.6. The van der Waals surface area contributed by atoms with E-state index in [0.717, 1.165) is 98.6 Å². The third-order valence-electron chi connectivity index (χ3n) is 9.82. The number of benzene rings is 8. The molecule has 50 heavy (non-hydrogen) atoms. The first-order chi connectivity index (χ1) is 24.7. The highest BCUT2D eigenvalue weighted by Crippen LogP contribution is 2.41. The van der Waals surface area contributed by atoms with Crippen molar-refractivity contribution in [1.29, 1.82) is 0 Å². The summed E-state index contributed by atoms with van der Waals surface area (Å²) in [6.07, 6.45) is 0. The lowest BCUT2D eigenvalue weighted by Gasteiger charge is -2.26. The topological polar surface area (TPSA) is 42.4 Å². The van der Waals surface area contributed by atoms with Crippen molar-refractivity contribution in [3.63, 3.8) is 0 Å². The predicted octanol–water partition coefficient (Wildman–Crippen LogP) is 13.5. The Morgan fingerprint density at radius 2 is 0.960 bits per heavy atom.